The van der Waals surface area contributed by atoms with Crippen molar-refractivity contribution in [1.82, 2.24) is 4.72 Å². The lowest BCUT2D eigenvalue weighted by Gasteiger charge is -2.19. The number of sulfonamides is 1. The number of carbonyl (C=O) groups is 1. The number of esters is 1. The van der Waals surface area contributed by atoms with E-state index < -0.39 is 27.7 Å². The van der Waals surface area contributed by atoms with Crippen LogP contribution in [0, 0.1) is 13.8 Å². The van der Waals surface area contributed by atoms with Crippen LogP contribution in [0.3, 0.4) is 0 Å². The smallest absolute Gasteiger partial charge is 0.336 e. The second-order valence-corrected chi connectivity index (χ2v) is 10.7. The van der Waals surface area contributed by atoms with Crippen LogP contribution in [0.1, 0.15) is 48.1 Å². The summed E-state index contributed by atoms with van der Waals surface area (Å²) in [7, 11) is -4.04. The Kier molecular flexibility index (Phi) is 7.90. The second-order valence-electron chi connectivity index (χ2n) is 8.96. The minimum Gasteiger partial charge on any atom is -0.425 e. The molecule has 0 aliphatic rings. The average Bonchev–Trinajstić information content (AvgIpc) is 2.88. The average molecular weight is 520 g/mol. The fourth-order valence-electron chi connectivity index (χ4n) is 4.10. The van der Waals surface area contributed by atoms with E-state index in [-0.39, 0.29) is 10.6 Å². The Labute approximate surface area is 216 Å². The van der Waals surface area contributed by atoms with Crippen LogP contribution in [0.4, 0.5) is 0 Å². The maximum absolute atomic E-state index is 13.4. The van der Waals surface area contributed by atoms with Crippen LogP contribution < -0.4 is 15.1 Å². The van der Waals surface area contributed by atoms with E-state index >= 15 is 0 Å². The van der Waals surface area contributed by atoms with E-state index in [9.17, 15) is 18.0 Å². The molecule has 7 nitrogen and oxygen atoms in total. The Bertz CT molecular complexity index is 1580. The highest BCUT2D eigenvalue weighted by molar-refractivity contribution is 7.89. The van der Waals surface area contributed by atoms with Gasteiger partial charge in [0.05, 0.1) is 4.90 Å². The Morgan fingerprint density at radius 1 is 1.00 bits per heavy atom. The van der Waals surface area contributed by atoms with Gasteiger partial charge in [-0.2, -0.15) is 4.72 Å². The molecule has 1 aromatic heterocycles. The zero-order valence-corrected chi connectivity index (χ0v) is 21.8. The van der Waals surface area contributed by atoms with Gasteiger partial charge in [0.2, 0.25) is 10.0 Å². The van der Waals surface area contributed by atoms with Gasteiger partial charge in [-0.1, -0.05) is 61.4 Å². The van der Waals surface area contributed by atoms with E-state index in [1.54, 1.807) is 61.5 Å². The van der Waals surface area contributed by atoms with Crippen molar-refractivity contribution in [3.63, 3.8) is 0 Å². The summed E-state index contributed by atoms with van der Waals surface area (Å²) in [5, 5.41) is 0.782. The number of aryl methyl sites for hydroxylation is 3. The molecule has 0 aliphatic heterocycles. The third kappa shape index (κ3) is 5.98. The number of rotatable bonds is 9. The molecule has 0 bridgehead atoms. The summed E-state index contributed by atoms with van der Waals surface area (Å²) in [4.78, 5) is 25.6. The molecule has 0 amide bonds. The molecule has 0 unspecified atom stereocenters. The zero-order chi connectivity index (χ0) is 26.6. The molecule has 0 radical (unpaired) electrons. The highest BCUT2D eigenvalue weighted by Gasteiger charge is 2.29. The van der Waals surface area contributed by atoms with Crippen molar-refractivity contribution in [2.45, 2.75) is 51.0 Å². The van der Waals surface area contributed by atoms with Crippen molar-refractivity contribution < 1.29 is 22.4 Å². The molecule has 8 heteroatoms. The summed E-state index contributed by atoms with van der Waals surface area (Å²) < 4.78 is 39.9. The fraction of sp³-hybridized carbons (Fsp3) is 0.241. The van der Waals surface area contributed by atoms with Gasteiger partial charge in [0.1, 0.15) is 17.4 Å². The number of hydrogen-bond donors (Lipinski definition) is 1. The quantitative estimate of drug-likeness (QED) is 0.181. The maximum Gasteiger partial charge on any atom is 0.336 e. The molecule has 1 N–H and O–H groups in total. The topological polar surface area (TPSA) is 103 Å². The molecular formula is C29H29NO6S. The number of nitrogens with one attached hydrogen (secondary N) is 1. The Morgan fingerprint density at radius 3 is 2.38 bits per heavy atom. The molecule has 0 fully saturated rings. The molecule has 1 heterocycles. The predicted molar refractivity (Wildman–Crippen MR) is 142 cm³/mol. The first kappa shape index (κ1) is 26.3. The van der Waals surface area contributed by atoms with E-state index in [1.165, 1.54) is 18.2 Å². The normalized spacial score (nSPS) is 12.4. The van der Waals surface area contributed by atoms with Crippen LogP contribution >= 0.6 is 0 Å². The van der Waals surface area contributed by atoms with Gasteiger partial charge in [-0.3, -0.25) is 0 Å². The molecule has 4 aromatic rings. The van der Waals surface area contributed by atoms with Crippen LogP contribution in [-0.2, 0) is 21.2 Å². The van der Waals surface area contributed by atoms with Gasteiger partial charge in [-0.15, -0.1) is 0 Å². The number of carbonyl (C=O) groups excluding carboxylic acids is 1. The van der Waals surface area contributed by atoms with E-state index in [2.05, 4.69) is 11.6 Å². The predicted octanol–water partition coefficient (Wildman–Crippen LogP) is 5.38. The van der Waals surface area contributed by atoms with E-state index in [1.807, 2.05) is 6.92 Å². The second kappa shape index (κ2) is 11.1. The summed E-state index contributed by atoms with van der Waals surface area (Å²) in [5.74, 6) is -0.627. The molecule has 37 heavy (non-hydrogen) atoms. The van der Waals surface area contributed by atoms with Gasteiger partial charge in [-0.05, 0) is 62.1 Å². The monoisotopic (exact) mass is 519 g/mol. The minimum atomic E-state index is -4.04. The van der Waals surface area contributed by atoms with Gasteiger partial charge < -0.3 is 9.15 Å². The van der Waals surface area contributed by atoms with Crippen molar-refractivity contribution in [2.75, 3.05) is 0 Å². The molecule has 4 rings (SSSR count). The first-order valence-corrected chi connectivity index (χ1v) is 13.6. The van der Waals surface area contributed by atoms with Gasteiger partial charge in [-0.25, -0.2) is 18.0 Å². The largest absolute Gasteiger partial charge is 0.425 e. The van der Waals surface area contributed by atoms with Gasteiger partial charge in [0, 0.05) is 17.0 Å². The van der Waals surface area contributed by atoms with Crippen molar-refractivity contribution in [3.05, 3.63) is 105 Å². The van der Waals surface area contributed by atoms with Gasteiger partial charge in [0.25, 0.3) is 0 Å². The summed E-state index contributed by atoms with van der Waals surface area (Å²) in [6, 6.07) is 18.4. The highest BCUT2D eigenvalue weighted by atomic mass is 32.2. The first-order valence-electron chi connectivity index (χ1n) is 12.1. The van der Waals surface area contributed by atoms with E-state index in [4.69, 9.17) is 9.15 Å². The molecule has 0 saturated carbocycles. The summed E-state index contributed by atoms with van der Waals surface area (Å²) in [5.41, 5.74) is 2.57. The Morgan fingerprint density at radius 2 is 1.70 bits per heavy atom. The number of ether oxygens (including phenoxy) is 1. The molecule has 192 valence electrons. The van der Waals surface area contributed by atoms with Crippen molar-refractivity contribution in [1.29, 1.82) is 0 Å². The van der Waals surface area contributed by atoms with Crippen LogP contribution in [0.5, 0.6) is 5.75 Å². The number of benzene rings is 3. The fourth-order valence-corrected chi connectivity index (χ4v) is 5.27. The number of unbranched alkanes of at least 4 members (excludes halogenated alkanes) is 1. The lowest BCUT2D eigenvalue weighted by molar-refractivity contribution is -0.136. The SMILES string of the molecule is CCCCc1cc(=O)oc2c(C)c(OC(=O)[C@H](NS(=O)(=O)c3ccc(C)cc3)c3ccccc3)ccc12. The van der Waals surface area contributed by atoms with Crippen LogP contribution in [0.15, 0.2) is 86.9 Å². The van der Waals surface area contributed by atoms with Gasteiger partial charge in [0.15, 0.2) is 0 Å². The van der Waals surface area contributed by atoms with E-state index in [0.717, 1.165) is 35.8 Å². The van der Waals surface area contributed by atoms with Crippen molar-refractivity contribution >= 4 is 27.0 Å². The highest BCUT2D eigenvalue weighted by Crippen LogP contribution is 2.30. The number of hydrogen-bond acceptors (Lipinski definition) is 6. The molecule has 1 atom stereocenters. The molecule has 0 saturated heterocycles. The Hall–Kier alpha value is -3.75. The summed E-state index contributed by atoms with van der Waals surface area (Å²) in [6.07, 6.45) is 2.64. The third-order valence-corrected chi connectivity index (χ3v) is 7.62. The summed E-state index contributed by atoms with van der Waals surface area (Å²) >= 11 is 0. The first-order chi connectivity index (χ1) is 17.7. The van der Waals surface area contributed by atoms with Crippen molar-refractivity contribution in [2.24, 2.45) is 0 Å². The molecule has 0 aliphatic carbocycles. The number of fused-ring (bicyclic) bond motifs is 1. The van der Waals surface area contributed by atoms with Crippen LogP contribution in [0.25, 0.3) is 11.0 Å². The third-order valence-electron chi connectivity index (χ3n) is 6.18. The summed E-state index contributed by atoms with van der Waals surface area (Å²) in [6.45, 7) is 5.63. The van der Waals surface area contributed by atoms with Crippen LogP contribution in [0.2, 0.25) is 0 Å². The Balaban J connectivity index is 1.69. The minimum absolute atomic E-state index is 0.0371. The molecule has 3 aromatic carbocycles. The zero-order valence-electron chi connectivity index (χ0n) is 21.0. The molecular weight excluding hydrogens is 490 g/mol. The lowest BCUT2D eigenvalue weighted by atomic mass is 10.0. The standard InChI is InChI=1S/C29H29NO6S/c1-4-5-9-22-18-26(31)36-28-20(3)25(17-16-24(22)28)35-29(32)27(21-10-7-6-8-11-21)30-37(33,34)23-14-12-19(2)13-15-23/h6-8,10-18,27,30H,4-5,9H2,1-3H3/t27-/m1/s1. The van der Waals surface area contributed by atoms with E-state index in [0.29, 0.717) is 16.7 Å². The molecule has 0 spiro atoms. The van der Waals surface area contributed by atoms with Crippen molar-refractivity contribution in [3.8, 4) is 5.75 Å². The van der Waals surface area contributed by atoms with Crippen LogP contribution in [-0.4, -0.2) is 14.4 Å². The maximum atomic E-state index is 13.4. The lowest BCUT2D eigenvalue weighted by Crippen LogP contribution is -2.36. The van der Waals surface area contributed by atoms with Gasteiger partial charge >= 0.3 is 11.6 Å².